The molecule has 31 heavy (non-hydrogen) atoms. The molecule has 0 aromatic heterocycles. The second kappa shape index (κ2) is 8.96. The van der Waals surface area contributed by atoms with Crippen LogP contribution in [-0.4, -0.2) is 56.3 Å². The second-order valence-corrected chi connectivity index (χ2v) is 10.3. The summed E-state index contributed by atoms with van der Waals surface area (Å²) in [5, 5.41) is -0.581. The fraction of sp³-hybridized carbons (Fsp3) is 0.435. The van der Waals surface area contributed by atoms with E-state index in [1.165, 1.54) is 10.4 Å². The van der Waals surface area contributed by atoms with E-state index < -0.39 is 21.1 Å². The van der Waals surface area contributed by atoms with Crippen molar-refractivity contribution in [2.24, 2.45) is 0 Å². The first-order chi connectivity index (χ1) is 14.9. The van der Waals surface area contributed by atoms with Crippen LogP contribution in [0.2, 0.25) is 0 Å². The summed E-state index contributed by atoms with van der Waals surface area (Å²) in [6.07, 6.45) is 1.33. The van der Waals surface area contributed by atoms with Gasteiger partial charge in [-0.15, -0.1) is 0 Å². The Bertz CT molecular complexity index is 1040. The number of rotatable bonds is 4. The summed E-state index contributed by atoms with van der Waals surface area (Å²) in [5.74, 6) is -0.346. The van der Waals surface area contributed by atoms with Crippen molar-refractivity contribution in [3.63, 3.8) is 0 Å². The first kappa shape index (κ1) is 21.8. The van der Waals surface area contributed by atoms with Crippen LogP contribution in [0.5, 0.6) is 0 Å². The third-order valence-corrected chi connectivity index (χ3v) is 8.50. The molecule has 2 aliphatic rings. The normalized spacial score (nSPS) is 21.8. The number of amides is 1. The molecule has 1 atom stereocenters. The van der Waals surface area contributed by atoms with Crippen LogP contribution in [0.3, 0.4) is 0 Å². The zero-order valence-corrected chi connectivity index (χ0v) is 18.5. The molecular weight excluding hydrogens is 417 g/mol. The summed E-state index contributed by atoms with van der Waals surface area (Å²) in [6.45, 7) is 4.53. The van der Waals surface area contributed by atoms with Gasteiger partial charge in [-0.2, -0.15) is 4.31 Å². The minimum absolute atomic E-state index is 0.0376. The van der Waals surface area contributed by atoms with E-state index in [1.807, 2.05) is 36.4 Å². The van der Waals surface area contributed by atoms with Gasteiger partial charge in [-0.25, -0.2) is 12.8 Å². The molecular formula is C23H28FN3O3S. The van der Waals surface area contributed by atoms with Crippen molar-refractivity contribution in [2.45, 2.75) is 31.6 Å². The van der Waals surface area contributed by atoms with Crippen LogP contribution in [0.4, 0.5) is 10.1 Å². The van der Waals surface area contributed by atoms with E-state index in [0.29, 0.717) is 44.7 Å². The number of hydrogen-bond donors (Lipinski definition) is 0. The van der Waals surface area contributed by atoms with Crippen molar-refractivity contribution in [1.82, 2.24) is 9.21 Å². The number of hydrogen-bond acceptors (Lipinski definition) is 4. The van der Waals surface area contributed by atoms with Gasteiger partial charge in [0.2, 0.25) is 15.9 Å². The number of carbonyl (C=O) groups is 1. The summed E-state index contributed by atoms with van der Waals surface area (Å²) in [4.78, 5) is 15.3. The first-order valence-corrected chi connectivity index (χ1v) is 12.2. The van der Waals surface area contributed by atoms with E-state index >= 15 is 0 Å². The Hall–Kier alpha value is -2.45. The Labute approximate surface area is 183 Å². The Morgan fingerprint density at radius 1 is 1.03 bits per heavy atom. The lowest BCUT2D eigenvalue weighted by molar-refractivity contribution is -0.129. The molecule has 4 rings (SSSR count). The SMILES string of the molecule is CC(=O)N1CCN(c2ccc(CN3CCC[C@@H](c4ccccc4)S3(=O)=O)c(F)c2)CC1. The molecule has 2 aromatic carbocycles. The largest absolute Gasteiger partial charge is 0.368 e. The van der Waals surface area contributed by atoms with E-state index in [4.69, 9.17) is 0 Å². The van der Waals surface area contributed by atoms with Gasteiger partial charge < -0.3 is 9.80 Å². The Kier molecular flexibility index (Phi) is 6.29. The Balaban J connectivity index is 1.47. The predicted molar refractivity (Wildman–Crippen MR) is 119 cm³/mol. The van der Waals surface area contributed by atoms with E-state index in [9.17, 15) is 17.6 Å². The lowest BCUT2D eigenvalue weighted by atomic mass is 10.1. The number of sulfonamides is 1. The molecule has 0 N–H and O–H groups in total. The monoisotopic (exact) mass is 445 g/mol. The van der Waals surface area contributed by atoms with Gasteiger partial charge in [0.15, 0.2) is 0 Å². The molecule has 0 spiro atoms. The molecule has 2 aliphatic heterocycles. The lowest BCUT2D eigenvalue weighted by Crippen LogP contribution is -2.48. The zero-order valence-electron chi connectivity index (χ0n) is 17.7. The number of carbonyl (C=O) groups excluding carboxylic acids is 1. The van der Waals surface area contributed by atoms with Crippen LogP contribution < -0.4 is 4.90 Å². The molecule has 0 saturated carbocycles. The van der Waals surface area contributed by atoms with Crippen molar-refractivity contribution >= 4 is 21.6 Å². The van der Waals surface area contributed by atoms with E-state index in [0.717, 1.165) is 17.7 Å². The van der Waals surface area contributed by atoms with Gasteiger partial charge in [-0.05, 0) is 30.5 Å². The van der Waals surface area contributed by atoms with E-state index in [1.54, 1.807) is 17.9 Å². The van der Waals surface area contributed by atoms with Crippen LogP contribution in [-0.2, 0) is 21.4 Å². The number of nitrogens with zero attached hydrogens (tertiary/aromatic N) is 3. The van der Waals surface area contributed by atoms with Crippen LogP contribution in [0.1, 0.15) is 36.1 Å². The van der Waals surface area contributed by atoms with E-state index in [-0.39, 0.29) is 12.5 Å². The maximum atomic E-state index is 14.9. The highest BCUT2D eigenvalue weighted by Gasteiger charge is 2.37. The van der Waals surface area contributed by atoms with Crippen molar-refractivity contribution in [3.8, 4) is 0 Å². The summed E-state index contributed by atoms with van der Waals surface area (Å²) >= 11 is 0. The van der Waals surface area contributed by atoms with Crippen LogP contribution >= 0.6 is 0 Å². The van der Waals surface area contributed by atoms with Gasteiger partial charge in [0.25, 0.3) is 0 Å². The maximum Gasteiger partial charge on any atom is 0.221 e. The molecule has 2 saturated heterocycles. The van der Waals surface area contributed by atoms with Gasteiger partial charge in [-0.1, -0.05) is 36.4 Å². The molecule has 6 nitrogen and oxygen atoms in total. The van der Waals surface area contributed by atoms with Crippen molar-refractivity contribution in [1.29, 1.82) is 0 Å². The van der Waals surface area contributed by atoms with Crippen molar-refractivity contribution in [3.05, 3.63) is 65.5 Å². The summed E-state index contributed by atoms with van der Waals surface area (Å²) in [7, 11) is -3.56. The molecule has 8 heteroatoms. The van der Waals surface area contributed by atoms with Crippen molar-refractivity contribution in [2.75, 3.05) is 37.6 Å². The van der Waals surface area contributed by atoms with Gasteiger partial charge in [-0.3, -0.25) is 4.79 Å². The first-order valence-electron chi connectivity index (χ1n) is 10.7. The molecule has 0 radical (unpaired) electrons. The van der Waals surface area contributed by atoms with Gasteiger partial charge in [0.1, 0.15) is 11.1 Å². The number of benzene rings is 2. The number of piperazine rings is 1. The second-order valence-electron chi connectivity index (χ2n) is 8.19. The van der Waals surface area contributed by atoms with Crippen molar-refractivity contribution < 1.29 is 17.6 Å². The molecule has 0 aliphatic carbocycles. The quantitative estimate of drug-likeness (QED) is 0.725. The highest BCUT2D eigenvalue weighted by atomic mass is 32.2. The summed E-state index contributed by atoms with van der Waals surface area (Å²) in [6, 6.07) is 14.2. The summed E-state index contributed by atoms with van der Waals surface area (Å²) < 4.78 is 42.7. The van der Waals surface area contributed by atoms with Gasteiger partial charge >= 0.3 is 0 Å². The smallest absolute Gasteiger partial charge is 0.221 e. The maximum absolute atomic E-state index is 14.9. The number of halogens is 1. The van der Waals surface area contributed by atoms with Gasteiger partial charge in [0.05, 0.1) is 0 Å². The average molecular weight is 446 g/mol. The Morgan fingerprint density at radius 2 is 1.74 bits per heavy atom. The third-order valence-electron chi connectivity index (χ3n) is 6.24. The van der Waals surface area contributed by atoms with Crippen LogP contribution in [0, 0.1) is 5.82 Å². The third kappa shape index (κ3) is 4.60. The zero-order chi connectivity index (χ0) is 22.0. The fourth-order valence-corrected chi connectivity index (χ4v) is 6.44. The molecule has 2 fully saturated rings. The molecule has 0 unspecified atom stereocenters. The molecule has 2 heterocycles. The highest BCUT2D eigenvalue weighted by molar-refractivity contribution is 7.89. The van der Waals surface area contributed by atoms with Gasteiger partial charge in [0, 0.05) is 57.4 Å². The predicted octanol–water partition coefficient (Wildman–Crippen LogP) is 3.16. The van der Waals surface area contributed by atoms with E-state index in [2.05, 4.69) is 4.90 Å². The fourth-order valence-electron chi connectivity index (χ4n) is 4.42. The lowest BCUT2D eigenvalue weighted by Gasteiger charge is -2.36. The molecule has 0 bridgehead atoms. The minimum Gasteiger partial charge on any atom is -0.368 e. The average Bonchev–Trinajstić information content (AvgIpc) is 2.77. The molecule has 1 amide bonds. The molecule has 2 aromatic rings. The van der Waals surface area contributed by atoms with Crippen LogP contribution in [0.25, 0.3) is 0 Å². The number of anilines is 1. The Morgan fingerprint density at radius 3 is 2.39 bits per heavy atom. The van der Waals surface area contributed by atoms with Crippen LogP contribution in [0.15, 0.2) is 48.5 Å². The molecule has 166 valence electrons. The highest BCUT2D eigenvalue weighted by Crippen LogP contribution is 2.35. The summed E-state index contributed by atoms with van der Waals surface area (Å²) in [5.41, 5.74) is 1.92. The topological polar surface area (TPSA) is 60.9 Å². The standard InChI is InChI=1S/C23H28FN3O3S/c1-18(28)25-12-14-26(15-13-25)21-10-9-20(22(24)16-21)17-27-11-5-8-23(31(27,29)30)19-6-3-2-4-7-19/h2-4,6-7,9-10,16,23H,5,8,11-15,17H2,1H3/t23-/m0/s1. The minimum atomic E-state index is -3.56.